The highest BCUT2D eigenvalue weighted by Gasteiger charge is 2.21. The van der Waals surface area contributed by atoms with Crippen molar-refractivity contribution in [3.05, 3.63) is 107 Å². The number of aromatic carboxylic acids is 2. The number of carbonyl (C=O) groups is 4. The predicted molar refractivity (Wildman–Crippen MR) is 160 cm³/mol. The Balaban J connectivity index is 1.17. The van der Waals surface area contributed by atoms with E-state index >= 15 is 0 Å². The Morgan fingerprint density at radius 3 is 2.18 bits per heavy atom. The maximum absolute atomic E-state index is 14.9. The van der Waals surface area contributed by atoms with E-state index in [1.807, 2.05) is 0 Å². The van der Waals surface area contributed by atoms with Crippen LogP contribution in [-0.2, 0) is 6.42 Å². The van der Waals surface area contributed by atoms with Crippen LogP contribution in [0.2, 0.25) is 0 Å². The van der Waals surface area contributed by atoms with Gasteiger partial charge in [0.25, 0.3) is 11.8 Å². The molecule has 0 saturated heterocycles. The number of amides is 2. The Labute approximate surface area is 271 Å². The largest absolute Gasteiger partial charge is 0.490 e. The lowest BCUT2D eigenvalue weighted by Gasteiger charge is -2.14. The molecule has 0 radical (unpaired) electrons. The number of aromatic nitrogens is 9. The summed E-state index contributed by atoms with van der Waals surface area (Å²) in [5.74, 6) is -6.95. The third-order valence-electron chi connectivity index (χ3n) is 6.80. The van der Waals surface area contributed by atoms with Crippen LogP contribution >= 0.6 is 0 Å². The van der Waals surface area contributed by atoms with E-state index in [0.717, 1.165) is 16.8 Å². The SMILES string of the molecule is O=C(Nc1cc(OCCc2cc(NC(=O)c3ccc4nnnn4n3)c(C(=O)O)cc2F)c(F)cc1C(=O)O)c1ccc(-n2ccnc2)nn1. The maximum Gasteiger partial charge on any atom is 0.337 e. The normalized spacial score (nSPS) is 10.9. The lowest BCUT2D eigenvalue weighted by molar-refractivity contribution is 0.0686. The third-order valence-corrected chi connectivity index (χ3v) is 6.80. The second-order valence-corrected chi connectivity index (χ2v) is 9.93. The van der Waals surface area contributed by atoms with Crippen LogP contribution in [0.25, 0.3) is 11.5 Å². The van der Waals surface area contributed by atoms with Crippen LogP contribution in [0.3, 0.4) is 0 Å². The van der Waals surface area contributed by atoms with Crippen molar-refractivity contribution in [1.82, 2.24) is 45.0 Å². The second kappa shape index (κ2) is 13.2. The van der Waals surface area contributed by atoms with E-state index in [1.54, 1.807) is 10.8 Å². The molecule has 49 heavy (non-hydrogen) atoms. The molecule has 0 aliphatic rings. The van der Waals surface area contributed by atoms with E-state index in [2.05, 4.69) is 46.4 Å². The van der Waals surface area contributed by atoms with Gasteiger partial charge in [-0.2, -0.15) is 0 Å². The van der Waals surface area contributed by atoms with Crippen LogP contribution < -0.4 is 15.4 Å². The van der Waals surface area contributed by atoms with Crippen molar-refractivity contribution in [2.45, 2.75) is 6.42 Å². The summed E-state index contributed by atoms with van der Waals surface area (Å²) in [5, 5.41) is 46.3. The molecule has 0 atom stereocenters. The minimum atomic E-state index is -1.55. The third kappa shape index (κ3) is 6.82. The molecule has 2 amide bonds. The maximum atomic E-state index is 14.9. The monoisotopic (exact) mass is 671 g/mol. The summed E-state index contributed by atoms with van der Waals surface area (Å²) in [7, 11) is 0. The molecular weight excluding hydrogens is 652 g/mol. The lowest BCUT2D eigenvalue weighted by atomic mass is 10.1. The van der Waals surface area contributed by atoms with Gasteiger partial charge in [-0.1, -0.05) is 0 Å². The summed E-state index contributed by atoms with van der Waals surface area (Å²) in [4.78, 5) is 53.2. The average molecular weight is 672 g/mol. The number of anilines is 2. The number of hydrogen-bond acceptors (Lipinski definition) is 12. The van der Waals surface area contributed by atoms with Crippen molar-refractivity contribution in [2.75, 3.05) is 17.2 Å². The number of nitrogens with one attached hydrogen (secondary N) is 2. The van der Waals surface area contributed by atoms with Gasteiger partial charge in [0.2, 0.25) is 0 Å². The molecule has 246 valence electrons. The van der Waals surface area contributed by atoms with E-state index < -0.39 is 58.9 Å². The van der Waals surface area contributed by atoms with Gasteiger partial charge < -0.3 is 25.6 Å². The summed E-state index contributed by atoms with van der Waals surface area (Å²) >= 11 is 0. The van der Waals surface area contributed by atoms with Crippen LogP contribution in [0.1, 0.15) is 47.3 Å². The molecule has 18 nitrogen and oxygen atoms in total. The topological polar surface area (TPSA) is 242 Å². The number of imidazole rings is 1. The Morgan fingerprint density at radius 1 is 0.816 bits per heavy atom. The number of hydrogen-bond donors (Lipinski definition) is 4. The van der Waals surface area contributed by atoms with Crippen LogP contribution in [0.5, 0.6) is 5.75 Å². The Hall–Kier alpha value is -7.25. The molecule has 6 rings (SSSR count). The molecule has 0 aliphatic carbocycles. The van der Waals surface area contributed by atoms with Gasteiger partial charge in [-0.15, -0.1) is 25.0 Å². The second-order valence-electron chi connectivity index (χ2n) is 9.93. The number of carboxylic acid groups (broad SMARTS) is 2. The summed E-state index contributed by atoms with van der Waals surface area (Å²) < 4.78 is 37.8. The van der Waals surface area contributed by atoms with Gasteiger partial charge in [0.15, 0.2) is 34.4 Å². The zero-order chi connectivity index (χ0) is 34.7. The Bertz CT molecular complexity index is 2240. The molecular formula is C29H19F2N11O7. The number of carbonyl (C=O) groups excluding carboxylic acids is 2. The zero-order valence-electron chi connectivity index (χ0n) is 24.5. The number of halogens is 2. The smallest absolute Gasteiger partial charge is 0.337 e. The standard InChI is InChI=1S/C29H19F2N11O7/c30-17-10-15(28(45)46)21(33-27(44)20-2-4-25-37-39-40-42(25)38-20)9-14(17)5-8-49-23-12-22(16(29(47)48)11-18(23)31)34-26(43)19-1-3-24(36-35-19)41-7-6-32-13-41/h1-4,6-7,9-13H,5,8H2,(H,33,44)(H,34,43)(H,45,46)(H,47,48). The number of ether oxygens (including phenoxy) is 1. The molecule has 4 aromatic heterocycles. The average Bonchev–Trinajstić information content (AvgIpc) is 3.79. The molecule has 2 aromatic carbocycles. The minimum Gasteiger partial charge on any atom is -0.490 e. The molecule has 0 aliphatic heterocycles. The van der Waals surface area contributed by atoms with E-state index in [4.69, 9.17) is 4.74 Å². The molecule has 6 aromatic rings. The van der Waals surface area contributed by atoms with Gasteiger partial charge in [-0.25, -0.2) is 23.4 Å². The molecule has 0 spiro atoms. The van der Waals surface area contributed by atoms with Gasteiger partial charge in [-0.3, -0.25) is 14.2 Å². The van der Waals surface area contributed by atoms with Crippen molar-refractivity contribution >= 4 is 40.8 Å². The zero-order valence-corrected chi connectivity index (χ0v) is 24.5. The van der Waals surface area contributed by atoms with Gasteiger partial charge in [0, 0.05) is 24.9 Å². The molecule has 0 fully saturated rings. The highest BCUT2D eigenvalue weighted by molar-refractivity contribution is 6.07. The minimum absolute atomic E-state index is 0.113. The number of carboxylic acids is 2. The molecule has 0 unspecified atom stereocenters. The quantitative estimate of drug-likeness (QED) is 0.155. The first-order chi connectivity index (χ1) is 23.6. The number of benzene rings is 2. The van der Waals surface area contributed by atoms with E-state index in [-0.39, 0.29) is 40.4 Å². The van der Waals surface area contributed by atoms with Crippen molar-refractivity contribution in [3.63, 3.8) is 0 Å². The first kappa shape index (κ1) is 31.7. The molecule has 0 bridgehead atoms. The predicted octanol–water partition coefficient (Wildman–Crippen LogP) is 2.30. The van der Waals surface area contributed by atoms with Crippen molar-refractivity contribution in [1.29, 1.82) is 0 Å². The Morgan fingerprint density at radius 2 is 1.51 bits per heavy atom. The molecule has 0 saturated carbocycles. The van der Waals surface area contributed by atoms with Gasteiger partial charge in [0.1, 0.15) is 12.1 Å². The van der Waals surface area contributed by atoms with Crippen molar-refractivity contribution in [3.8, 4) is 11.6 Å². The summed E-state index contributed by atoms with van der Waals surface area (Å²) in [6.07, 6.45) is 4.34. The molecule has 20 heteroatoms. The fourth-order valence-electron chi connectivity index (χ4n) is 4.43. The number of nitrogens with zero attached hydrogens (tertiary/aromatic N) is 9. The van der Waals surface area contributed by atoms with E-state index in [0.29, 0.717) is 18.0 Å². The number of tetrazole rings is 1. The number of rotatable bonds is 11. The highest BCUT2D eigenvalue weighted by Crippen LogP contribution is 2.28. The first-order valence-electron chi connectivity index (χ1n) is 13.8. The summed E-state index contributed by atoms with van der Waals surface area (Å²) in [5.41, 5.74) is -1.96. The van der Waals surface area contributed by atoms with Crippen molar-refractivity contribution in [2.24, 2.45) is 0 Å². The first-order valence-corrected chi connectivity index (χ1v) is 13.8. The summed E-state index contributed by atoms with van der Waals surface area (Å²) in [6, 6.07) is 8.87. The van der Waals surface area contributed by atoms with E-state index in [9.17, 15) is 38.2 Å². The van der Waals surface area contributed by atoms with Crippen LogP contribution in [-0.4, -0.2) is 85.6 Å². The van der Waals surface area contributed by atoms with Crippen molar-refractivity contribution < 1.29 is 42.9 Å². The molecule has 4 N–H and O–H groups in total. The van der Waals surface area contributed by atoms with Gasteiger partial charge >= 0.3 is 11.9 Å². The molecule has 4 heterocycles. The fraction of sp³-hybridized carbons (Fsp3) is 0.0690. The lowest BCUT2D eigenvalue weighted by Crippen LogP contribution is -2.18. The van der Waals surface area contributed by atoms with E-state index in [1.165, 1.54) is 36.8 Å². The van der Waals surface area contributed by atoms with Crippen LogP contribution in [0, 0.1) is 11.6 Å². The van der Waals surface area contributed by atoms with Crippen LogP contribution in [0.15, 0.2) is 67.3 Å². The van der Waals surface area contributed by atoms with Crippen LogP contribution in [0.4, 0.5) is 20.2 Å². The van der Waals surface area contributed by atoms with Gasteiger partial charge in [-0.05, 0) is 58.5 Å². The Kier molecular flexibility index (Phi) is 8.57. The van der Waals surface area contributed by atoms with Gasteiger partial charge in [0.05, 0.1) is 29.1 Å². The fourth-order valence-corrected chi connectivity index (χ4v) is 4.43. The summed E-state index contributed by atoms with van der Waals surface area (Å²) in [6.45, 7) is -0.397. The highest BCUT2D eigenvalue weighted by atomic mass is 19.1. The number of fused-ring (bicyclic) bond motifs is 1.